The molecule has 0 atom stereocenters. The average molecular weight is 455 g/mol. The Balaban J connectivity index is 1.68. The first-order valence-corrected chi connectivity index (χ1v) is 11.9. The second-order valence-electron chi connectivity index (χ2n) is 7.42. The maximum Gasteiger partial charge on any atom is 0.245 e. The Kier molecular flexibility index (Phi) is 7.37. The summed E-state index contributed by atoms with van der Waals surface area (Å²) >= 11 is 0. The van der Waals surface area contributed by atoms with Gasteiger partial charge in [-0.25, -0.2) is 8.42 Å². The third kappa shape index (κ3) is 6.75. The molecule has 1 amide bonds. The van der Waals surface area contributed by atoms with Gasteiger partial charge < -0.3 is 14.8 Å². The van der Waals surface area contributed by atoms with Gasteiger partial charge in [0.25, 0.3) is 0 Å². The molecular weight excluding hydrogens is 428 g/mol. The van der Waals surface area contributed by atoms with E-state index in [4.69, 9.17) is 9.47 Å². The molecule has 32 heavy (non-hydrogen) atoms. The van der Waals surface area contributed by atoms with Crippen LogP contribution >= 0.6 is 0 Å². The molecule has 0 aliphatic carbocycles. The van der Waals surface area contributed by atoms with Crippen LogP contribution in [0.4, 0.5) is 11.4 Å². The Hall–Kier alpha value is -3.52. The molecule has 0 bridgehead atoms. The van der Waals surface area contributed by atoms with Gasteiger partial charge in [0.15, 0.2) is 0 Å². The summed E-state index contributed by atoms with van der Waals surface area (Å²) in [5, 5.41) is 2.71. The molecule has 0 saturated heterocycles. The molecule has 8 heteroatoms. The number of rotatable bonds is 9. The van der Waals surface area contributed by atoms with Crippen molar-refractivity contribution in [2.45, 2.75) is 20.0 Å². The van der Waals surface area contributed by atoms with Gasteiger partial charge in [-0.15, -0.1) is 0 Å². The predicted octanol–water partition coefficient (Wildman–Crippen LogP) is 4.67. The zero-order valence-electron chi connectivity index (χ0n) is 18.2. The van der Waals surface area contributed by atoms with E-state index in [-0.39, 0.29) is 12.6 Å². The van der Waals surface area contributed by atoms with Gasteiger partial charge in [0, 0.05) is 5.69 Å². The van der Waals surface area contributed by atoms with Crippen molar-refractivity contribution in [2.75, 3.05) is 22.4 Å². The van der Waals surface area contributed by atoms with Crippen LogP contribution in [0.1, 0.15) is 13.8 Å². The Morgan fingerprint density at radius 2 is 1.44 bits per heavy atom. The summed E-state index contributed by atoms with van der Waals surface area (Å²) in [6.45, 7) is 3.49. The van der Waals surface area contributed by atoms with Gasteiger partial charge in [-0.05, 0) is 74.5 Å². The van der Waals surface area contributed by atoms with Gasteiger partial charge in [-0.3, -0.25) is 9.10 Å². The van der Waals surface area contributed by atoms with Gasteiger partial charge >= 0.3 is 0 Å². The van der Waals surface area contributed by atoms with Crippen molar-refractivity contribution in [3.63, 3.8) is 0 Å². The van der Waals surface area contributed by atoms with Crippen LogP contribution in [0.25, 0.3) is 0 Å². The lowest BCUT2D eigenvalue weighted by Gasteiger charge is -2.22. The van der Waals surface area contributed by atoms with Gasteiger partial charge in [0.2, 0.25) is 15.9 Å². The van der Waals surface area contributed by atoms with Crippen LogP contribution in [-0.4, -0.2) is 33.2 Å². The van der Waals surface area contributed by atoms with Crippen LogP contribution in [0.3, 0.4) is 0 Å². The predicted molar refractivity (Wildman–Crippen MR) is 126 cm³/mol. The molecule has 3 rings (SSSR count). The number of para-hydroxylation sites is 1. The molecule has 3 aromatic rings. The number of benzene rings is 3. The monoisotopic (exact) mass is 454 g/mol. The van der Waals surface area contributed by atoms with Crippen molar-refractivity contribution in [3.8, 4) is 17.2 Å². The molecule has 0 spiro atoms. The summed E-state index contributed by atoms with van der Waals surface area (Å²) < 4.78 is 37.0. The van der Waals surface area contributed by atoms with Crippen molar-refractivity contribution < 1.29 is 22.7 Å². The number of ether oxygens (including phenoxy) is 2. The maximum absolute atomic E-state index is 12.5. The first kappa shape index (κ1) is 23.1. The minimum atomic E-state index is -3.69. The fourth-order valence-electron chi connectivity index (χ4n) is 2.93. The molecule has 1 N–H and O–H groups in total. The molecule has 0 aliphatic heterocycles. The molecule has 0 aliphatic rings. The molecule has 0 aromatic heterocycles. The van der Waals surface area contributed by atoms with Crippen molar-refractivity contribution in [3.05, 3.63) is 78.9 Å². The van der Waals surface area contributed by atoms with E-state index in [0.717, 1.165) is 10.6 Å². The highest BCUT2D eigenvalue weighted by Gasteiger charge is 2.21. The van der Waals surface area contributed by atoms with E-state index < -0.39 is 15.9 Å². The van der Waals surface area contributed by atoms with E-state index in [9.17, 15) is 13.2 Å². The molecule has 0 saturated carbocycles. The number of sulfonamides is 1. The summed E-state index contributed by atoms with van der Waals surface area (Å²) in [4.78, 5) is 12.5. The smallest absolute Gasteiger partial charge is 0.245 e. The Labute approximate surface area is 188 Å². The second kappa shape index (κ2) is 10.2. The lowest BCUT2D eigenvalue weighted by atomic mass is 10.3. The number of nitrogens with zero attached hydrogens (tertiary/aromatic N) is 1. The summed E-state index contributed by atoms with van der Waals surface area (Å²) in [5.41, 5.74) is 0.912. The zero-order chi connectivity index (χ0) is 23.1. The molecule has 0 fully saturated rings. The standard InChI is InChI=1S/C24H26N2O5S/c1-18(2)30-22-13-9-19(10-14-22)25-24(27)17-26(32(3,28)29)20-11-15-23(16-12-20)31-21-7-5-4-6-8-21/h4-16,18H,17H2,1-3H3,(H,25,27). The number of carbonyl (C=O) groups excluding carboxylic acids is 1. The topological polar surface area (TPSA) is 84.9 Å². The number of hydrogen-bond acceptors (Lipinski definition) is 5. The Bertz CT molecular complexity index is 1130. The minimum absolute atomic E-state index is 0.0447. The summed E-state index contributed by atoms with van der Waals surface area (Å²) in [5.74, 6) is 1.46. The second-order valence-corrected chi connectivity index (χ2v) is 9.32. The maximum atomic E-state index is 12.5. The van der Waals surface area contributed by atoms with Crippen molar-refractivity contribution in [1.29, 1.82) is 0 Å². The lowest BCUT2D eigenvalue weighted by Crippen LogP contribution is -2.37. The largest absolute Gasteiger partial charge is 0.491 e. The van der Waals surface area contributed by atoms with Crippen LogP contribution in [0.2, 0.25) is 0 Å². The highest BCUT2D eigenvalue weighted by Crippen LogP contribution is 2.25. The van der Waals surface area contributed by atoms with Gasteiger partial charge in [0.1, 0.15) is 23.8 Å². The van der Waals surface area contributed by atoms with Gasteiger partial charge in [-0.2, -0.15) is 0 Å². The number of carbonyl (C=O) groups is 1. The molecule has 168 valence electrons. The van der Waals surface area contributed by atoms with Crippen molar-refractivity contribution >= 4 is 27.3 Å². The van der Waals surface area contributed by atoms with Crippen LogP contribution in [0.5, 0.6) is 17.2 Å². The highest BCUT2D eigenvalue weighted by molar-refractivity contribution is 7.92. The van der Waals surface area contributed by atoms with E-state index in [2.05, 4.69) is 5.32 Å². The molecule has 0 heterocycles. The summed E-state index contributed by atoms with van der Waals surface area (Å²) in [7, 11) is -3.69. The van der Waals surface area contributed by atoms with Crippen molar-refractivity contribution in [2.24, 2.45) is 0 Å². The van der Waals surface area contributed by atoms with Crippen molar-refractivity contribution in [1.82, 2.24) is 0 Å². The average Bonchev–Trinajstić information content (AvgIpc) is 2.74. The van der Waals surface area contributed by atoms with Crippen LogP contribution in [-0.2, 0) is 14.8 Å². The molecule has 7 nitrogen and oxygen atoms in total. The lowest BCUT2D eigenvalue weighted by molar-refractivity contribution is -0.114. The van der Waals surface area contributed by atoms with Crippen LogP contribution in [0.15, 0.2) is 78.9 Å². The quantitative estimate of drug-likeness (QED) is 0.508. The fourth-order valence-corrected chi connectivity index (χ4v) is 3.78. The zero-order valence-corrected chi connectivity index (χ0v) is 19.0. The molecule has 3 aromatic carbocycles. The Morgan fingerprint density at radius 1 is 0.875 bits per heavy atom. The van der Waals surface area contributed by atoms with E-state index in [1.54, 1.807) is 48.5 Å². The number of hydrogen-bond donors (Lipinski definition) is 1. The summed E-state index contributed by atoms with van der Waals surface area (Å²) in [6.07, 6.45) is 1.11. The van der Waals surface area contributed by atoms with E-state index in [1.165, 1.54) is 0 Å². The Morgan fingerprint density at radius 3 is 2.00 bits per heavy atom. The first-order valence-electron chi connectivity index (χ1n) is 10.1. The van der Waals surface area contributed by atoms with E-state index in [1.807, 2.05) is 44.2 Å². The van der Waals surface area contributed by atoms with E-state index >= 15 is 0 Å². The third-order valence-electron chi connectivity index (χ3n) is 4.30. The minimum Gasteiger partial charge on any atom is -0.491 e. The molecule has 0 unspecified atom stereocenters. The van der Waals surface area contributed by atoms with Gasteiger partial charge in [0.05, 0.1) is 18.0 Å². The van der Waals surface area contributed by atoms with Crippen LogP contribution in [0, 0.1) is 0 Å². The first-order chi connectivity index (χ1) is 15.2. The number of anilines is 2. The number of amides is 1. The number of nitrogens with one attached hydrogen (secondary N) is 1. The molecular formula is C24H26N2O5S. The van der Waals surface area contributed by atoms with Crippen LogP contribution < -0.4 is 19.1 Å². The molecule has 0 radical (unpaired) electrons. The normalized spacial score (nSPS) is 11.1. The van der Waals surface area contributed by atoms with E-state index in [0.29, 0.717) is 28.6 Å². The fraction of sp³-hybridized carbons (Fsp3) is 0.208. The summed E-state index contributed by atoms with van der Waals surface area (Å²) in [6, 6.07) is 22.7. The van der Waals surface area contributed by atoms with Gasteiger partial charge in [-0.1, -0.05) is 18.2 Å². The highest BCUT2D eigenvalue weighted by atomic mass is 32.2. The third-order valence-corrected chi connectivity index (χ3v) is 5.44. The SMILES string of the molecule is CC(C)Oc1ccc(NC(=O)CN(c2ccc(Oc3ccccc3)cc2)S(C)(=O)=O)cc1.